The van der Waals surface area contributed by atoms with Crippen molar-refractivity contribution >= 4 is 23.6 Å². The number of carboxylic acid groups (broad SMARTS) is 1. The van der Waals surface area contributed by atoms with E-state index in [1.54, 1.807) is 18.2 Å². The summed E-state index contributed by atoms with van der Waals surface area (Å²) in [7, 11) is 0. The molecule has 0 radical (unpaired) electrons. The van der Waals surface area contributed by atoms with Gasteiger partial charge in [0.05, 0.1) is 17.9 Å². The van der Waals surface area contributed by atoms with Crippen LogP contribution in [0.25, 0.3) is 0 Å². The molecule has 0 saturated carbocycles. The minimum absolute atomic E-state index is 0.133. The van der Waals surface area contributed by atoms with Gasteiger partial charge in [-0.2, -0.15) is 0 Å². The molecular weight excluding hydrogens is 342 g/mol. The number of thioether (sulfide) groups is 1. The molecule has 1 aliphatic rings. The first kappa shape index (κ1) is 17.2. The Morgan fingerprint density at radius 1 is 1.12 bits per heavy atom. The Bertz CT molecular complexity index is 780. The van der Waals surface area contributed by atoms with Crippen molar-refractivity contribution < 1.29 is 24.2 Å². The van der Waals surface area contributed by atoms with Gasteiger partial charge in [-0.1, -0.05) is 24.3 Å². The van der Waals surface area contributed by atoms with Crippen LogP contribution >= 0.6 is 11.8 Å². The van der Waals surface area contributed by atoms with E-state index in [0.717, 1.165) is 0 Å². The van der Waals surface area contributed by atoms with Crippen LogP contribution in [0.4, 0.5) is 0 Å². The fraction of sp³-hybridized carbons (Fsp3) is 0.222. The van der Waals surface area contributed by atoms with E-state index >= 15 is 0 Å². The van der Waals surface area contributed by atoms with Crippen LogP contribution in [0.3, 0.4) is 0 Å². The molecule has 1 atom stereocenters. The second kappa shape index (κ2) is 7.94. The molecule has 2 aromatic rings. The molecule has 0 aliphatic carbocycles. The van der Waals surface area contributed by atoms with E-state index in [1.165, 1.54) is 17.8 Å². The maximum atomic E-state index is 12.0. The first-order valence-corrected chi connectivity index (χ1v) is 8.72. The van der Waals surface area contributed by atoms with E-state index < -0.39 is 5.97 Å². The number of rotatable bonds is 6. The van der Waals surface area contributed by atoms with Crippen LogP contribution in [0.15, 0.2) is 53.4 Å². The van der Waals surface area contributed by atoms with Crippen LogP contribution in [0.2, 0.25) is 0 Å². The van der Waals surface area contributed by atoms with E-state index in [2.05, 4.69) is 5.32 Å². The number of nitrogens with one attached hydrogen (secondary N) is 1. The fourth-order valence-electron chi connectivity index (χ4n) is 2.35. The third-order valence-electron chi connectivity index (χ3n) is 3.57. The van der Waals surface area contributed by atoms with E-state index in [1.807, 2.05) is 24.3 Å². The molecule has 3 rings (SSSR count). The van der Waals surface area contributed by atoms with E-state index in [-0.39, 0.29) is 23.3 Å². The maximum absolute atomic E-state index is 12.0. The van der Waals surface area contributed by atoms with Gasteiger partial charge in [0.1, 0.15) is 12.7 Å². The second-order valence-electron chi connectivity index (χ2n) is 5.39. The molecule has 25 heavy (non-hydrogen) atoms. The molecule has 1 heterocycles. The number of benzene rings is 2. The van der Waals surface area contributed by atoms with E-state index in [9.17, 15) is 9.59 Å². The van der Waals surface area contributed by atoms with Crippen molar-refractivity contribution in [2.75, 3.05) is 18.9 Å². The van der Waals surface area contributed by atoms with Crippen LogP contribution in [0.5, 0.6) is 11.5 Å². The lowest BCUT2D eigenvalue weighted by Gasteiger charge is -2.26. The summed E-state index contributed by atoms with van der Waals surface area (Å²) in [5.41, 5.74) is 0.195. The number of hydrogen-bond donors (Lipinski definition) is 2. The average molecular weight is 359 g/mol. The van der Waals surface area contributed by atoms with Crippen molar-refractivity contribution in [3.8, 4) is 11.5 Å². The Labute approximate surface area is 149 Å². The van der Waals surface area contributed by atoms with Crippen LogP contribution < -0.4 is 14.8 Å². The van der Waals surface area contributed by atoms with Crippen LogP contribution in [0.1, 0.15) is 10.4 Å². The van der Waals surface area contributed by atoms with Gasteiger partial charge in [0.2, 0.25) is 5.91 Å². The molecule has 7 heteroatoms. The normalized spacial score (nSPS) is 15.4. The lowest BCUT2D eigenvalue weighted by atomic mass is 10.2. The number of hydrogen-bond acceptors (Lipinski definition) is 5. The van der Waals surface area contributed by atoms with Crippen molar-refractivity contribution in [3.63, 3.8) is 0 Å². The Morgan fingerprint density at radius 2 is 1.84 bits per heavy atom. The highest BCUT2D eigenvalue weighted by atomic mass is 32.2. The van der Waals surface area contributed by atoms with Crippen molar-refractivity contribution in [1.82, 2.24) is 5.32 Å². The third-order valence-corrected chi connectivity index (χ3v) is 4.64. The monoisotopic (exact) mass is 359 g/mol. The number of ether oxygens (including phenoxy) is 2. The van der Waals surface area contributed by atoms with Crippen molar-refractivity contribution in [1.29, 1.82) is 0 Å². The topological polar surface area (TPSA) is 84.9 Å². The quantitative estimate of drug-likeness (QED) is 0.771. The summed E-state index contributed by atoms with van der Waals surface area (Å²) in [4.78, 5) is 23.7. The third kappa shape index (κ3) is 4.45. The standard InChI is InChI=1S/C18H17NO5S/c20-17(11-25-16-8-4-1-5-13(16)18(21)22)19-9-12-10-23-14-6-2-3-7-15(14)24-12/h1-8,12H,9-11H2,(H,19,20)(H,21,22)/t12-/m0/s1. The predicted octanol–water partition coefficient (Wildman–Crippen LogP) is 2.43. The maximum Gasteiger partial charge on any atom is 0.336 e. The summed E-state index contributed by atoms with van der Waals surface area (Å²) in [5.74, 6) is 0.306. The van der Waals surface area contributed by atoms with Gasteiger partial charge in [0.25, 0.3) is 0 Å². The number of amides is 1. The molecule has 0 aromatic heterocycles. The van der Waals surface area contributed by atoms with Crippen molar-refractivity contribution in [3.05, 3.63) is 54.1 Å². The van der Waals surface area contributed by atoms with Gasteiger partial charge in [-0.25, -0.2) is 4.79 Å². The Balaban J connectivity index is 1.47. The molecule has 1 amide bonds. The van der Waals surface area contributed by atoms with Gasteiger partial charge in [-0.15, -0.1) is 11.8 Å². The summed E-state index contributed by atoms with van der Waals surface area (Å²) < 4.78 is 11.4. The molecule has 2 aromatic carbocycles. The van der Waals surface area contributed by atoms with Gasteiger partial charge in [0.15, 0.2) is 11.5 Å². The first-order valence-electron chi connectivity index (χ1n) is 7.74. The molecule has 130 valence electrons. The minimum atomic E-state index is -1.00. The van der Waals surface area contributed by atoms with Gasteiger partial charge in [0, 0.05) is 4.90 Å². The number of carbonyl (C=O) groups is 2. The zero-order valence-electron chi connectivity index (χ0n) is 13.3. The lowest BCUT2D eigenvalue weighted by molar-refractivity contribution is -0.119. The SMILES string of the molecule is O=C(CSc1ccccc1C(=O)O)NC[C@H]1COc2ccccc2O1. The molecular formula is C18H17NO5S. The highest BCUT2D eigenvalue weighted by molar-refractivity contribution is 8.00. The smallest absolute Gasteiger partial charge is 0.336 e. The molecule has 0 spiro atoms. The number of aromatic carboxylic acids is 1. The molecule has 0 fully saturated rings. The summed E-state index contributed by atoms with van der Waals surface area (Å²) >= 11 is 1.19. The van der Waals surface area contributed by atoms with Crippen LogP contribution in [0, 0.1) is 0 Å². The summed E-state index contributed by atoms with van der Waals surface area (Å²) in [6.45, 7) is 0.695. The Hall–Kier alpha value is -2.67. The lowest BCUT2D eigenvalue weighted by Crippen LogP contribution is -2.41. The van der Waals surface area contributed by atoms with Gasteiger partial charge in [-0.3, -0.25) is 4.79 Å². The summed E-state index contributed by atoms with van der Waals surface area (Å²) in [6.07, 6.45) is -0.254. The fourth-order valence-corrected chi connectivity index (χ4v) is 3.23. The number of fused-ring (bicyclic) bond motifs is 1. The summed E-state index contributed by atoms with van der Waals surface area (Å²) in [5, 5.41) is 11.9. The highest BCUT2D eigenvalue weighted by Gasteiger charge is 2.21. The van der Waals surface area contributed by atoms with Crippen LogP contribution in [-0.4, -0.2) is 42.0 Å². The minimum Gasteiger partial charge on any atom is -0.486 e. The zero-order chi connectivity index (χ0) is 17.6. The molecule has 6 nitrogen and oxygen atoms in total. The highest BCUT2D eigenvalue weighted by Crippen LogP contribution is 2.30. The van der Waals surface area contributed by atoms with Crippen molar-refractivity contribution in [2.45, 2.75) is 11.0 Å². The molecule has 0 saturated heterocycles. The van der Waals surface area contributed by atoms with Crippen LogP contribution in [-0.2, 0) is 4.79 Å². The molecule has 2 N–H and O–H groups in total. The number of carboxylic acids is 1. The average Bonchev–Trinajstić information content (AvgIpc) is 2.64. The summed E-state index contributed by atoms with van der Waals surface area (Å²) in [6, 6.07) is 14.0. The van der Waals surface area contributed by atoms with Gasteiger partial charge < -0.3 is 19.9 Å². The number of carbonyl (C=O) groups excluding carboxylic acids is 1. The van der Waals surface area contributed by atoms with E-state index in [0.29, 0.717) is 29.5 Å². The van der Waals surface area contributed by atoms with E-state index in [4.69, 9.17) is 14.6 Å². The second-order valence-corrected chi connectivity index (χ2v) is 6.41. The predicted molar refractivity (Wildman–Crippen MR) is 93.5 cm³/mol. The Morgan fingerprint density at radius 3 is 2.64 bits per heavy atom. The van der Waals surface area contributed by atoms with Gasteiger partial charge in [-0.05, 0) is 24.3 Å². The largest absolute Gasteiger partial charge is 0.486 e. The molecule has 0 bridgehead atoms. The van der Waals surface area contributed by atoms with Gasteiger partial charge >= 0.3 is 5.97 Å². The first-order chi connectivity index (χ1) is 12.1. The van der Waals surface area contributed by atoms with Crippen molar-refractivity contribution in [2.24, 2.45) is 0 Å². The molecule has 0 unspecified atom stereocenters. The molecule has 1 aliphatic heterocycles. The Kier molecular flexibility index (Phi) is 5.45. The zero-order valence-corrected chi connectivity index (χ0v) is 14.1. The number of para-hydroxylation sites is 2.